The van der Waals surface area contributed by atoms with Gasteiger partial charge in [-0.1, -0.05) is 68.8 Å². The molecule has 2 saturated carbocycles. The van der Waals surface area contributed by atoms with Gasteiger partial charge in [0.25, 0.3) is 0 Å². The molecule has 3 aliphatic rings. The topological polar surface area (TPSA) is 63.6 Å². The molecule has 6 atom stereocenters. The van der Waals surface area contributed by atoms with E-state index in [1.54, 1.807) is 6.08 Å². The lowest BCUT2D eigenvalue weighted by atomic mass is 9.81. The number of ketones is 1. The van der Waals surface area contributed by atoms with E-state index in [1.165, 1.54) is 6.08 Å². The number of fused-ring (bicyclic) bond motifs is 2. The van der Waals surface area contributed by atoms with Gasteiger partial charge in [0.1, 0.15) is 11.7 Å². The van der Waals surface area contributed by atoms with E-state index in [0.717, 1.165) is 24.0 Å². The van der Waals surface area contributed by atoms with Gasteiger partial charge in [-0.2, -0.15) is 0 Å². The van der Waals surface area contributed by atoms with Crippen molar-refractivity contribution in [2.45, 2.75) is 65.6 Å². The number of hydrogen-bond acceptors (Lipinski definition) is 4. The lowest BCUT2D eigenvalue weighted by Gasteiger charge is -2.30. The second kappa shape index (κ2) is 8.72. The average Bonchev–Trinajstić information content (AvgIpc) is 3.20. The van der Waals surface area contributed by atoms with Gasteiger partial charge < -0.3 is 9.84 Å². The molecule has 0 aromatic heterocycles. The van der Waals surface area contributed by atoms with Crippen molar-refractivity contribution in [1.82, 2.24) is 0 Å². The highest BCUT2D eigenvalue weighted by atomic mass is 16.5. The number of esters is 1. The number of carbonyl (C=O) groups is 2. The number of benzene rings is 1. The molecule has 4 rings (SSSR count). The third kappa shape index (κ3) is 4.50. The van der Waals surface area contributed by atoms with E-state index in [0.29, 0.717) is 17.4 Å². The minimum absolute atomic E-state index is 0.136. The van der Waals surface area contributed by atoms with Crippen LogP contribution in [0.5, 0.6) is 0 Å². The smallest absolute Gasteiger partial charge is 0.331 e. The van der Waals surface area contributed by atoms with E-state index in [2.05, 4.69) is 26.8 Å². The minimum Gasteiger partial charge on any atom is -0.458 e. The van der Waals surface area contributed by atoms with Crippen molar-refractivity contribution < 1.29 is 19.4 Å². The highest BCUT2D eigenvalue weighted by Gasteiger charge is 2.59. The number of carbonyl (C=O) groups excluding carboxylic acids is 2. The van der Waals surface area contributed by atoms with Crippen LogP contribution in [0, 0.1) is 29.1 Å². The monoisotopic (exact) mass is 448 g/mol. The molecule has 0 saturated heterocycles. The summed E-state index contributed by atoms with van der Waals surface area (Å²) in [6, 6.07) is 9.57. The molecule has 33 heavy (non-hydrogen) atoms. The summed E-state index contributed by atoms with van der Waals surface area (Å²) >= 11 is 0. The first kappa shape index (κ1) is 23.7. The molecule has 1 aromatic rings. The summed E-state index contributed by atoms with van der Waals surface area (Å²) in [5.41, 5.74) is 1.30. The zero-order chi connectivity index (χ0) is 24.0. The molecule has 0 unspecified atom stereocenters. The fourth-order valence-corrected chi connectivity index (χ4v) is 6.07. The van der Waals surface area contributed by atoms with Crippen molar-refractivity contribution in [3.63, 3.8) is 0 Å². The number of Topliss-reactive ketones (excluding diaryl/α,β-unsaturated/α-hetero) is 1. The summed E-state index contributed by atoms with van der Waals surface area (Å²) in [4.78, 5) is 26.2. The van der Waals surface area contributed by atoms with E-state index in [-0.39, 0.29) is 23.5 Å². The first-order valence-electron chi connectivity index (χ1n) is 12.1. The van der Waals surface area contributed by atoms with Crippen LogP contribution in [0.3, 0.4) is 0 Å². The lowest BCUT2D eigenvalue weighted by Crippen LogP contribution is -2.45. The van der Waals surface area contributed by atoms with E-state index in [9.17, 15) is 14.7 Å². The zero-order valence-electron chi connectivity index (χ0n) is 20.4. The van der Waals surface area contributed by atoms with E-state index < -0.39 is 23.6 Å². The van der Waals surface area contributed by atoms with Crippen LogP contribution >= 0.6 is 0 Å². The van der Waals surface area contributed by atoms with Gasteiger partial charge in [-0.3, -0.25) is 4.79 Å². The maximum absolute atomic E-state index is 13.5. The summed E-state index contributed by atoms with van der Waals surface area (Å²) in [6.07, 6.45) is 8.93. The fraction of sp³-hybridized carbons (Fsp3) is 0.517. The lowest BCUT2D eigenvalue weighted by molar-refractivity contribution is -0.150. The average molecular weight is 449 g/mol. The number of allylic oxidation sites excluding steroid dienone is 2. The largest absolute Gasteiger partial charge is 0.458 e. The SMILES string of the molecule is C/C1=C\[C@H]2[C@@H](OC(=O)/C=C/c3ccccc3)[C@@H](C)C[C@]2(O)C(=O)/C(C)=C/[C@H]2[C@H](CC1)C2(C)C. The van der Waals surface area contributed by atoms with Crippen molar-refractivity contribution >= 4 is 17.8 Å². The first-order chi connectivity index (χ1) is 15.5. The number of rotatable bonds is 3. The van der Waals surface area contributed by atoms with Crippen LogP contribution in [0.4, 0.5) is 0 Å². The zero-order valence-corrected chi connectivity index (χ0v) is 20.4. The Labute approximate surface area is 197 Å². The second-order valence-corrected chi connectivity index (χ2v) is 11.0. The van der Waals surface area contributed by atoms with Crippen molar-refractivity contribution in [1.29, 1.82) is 0 Å². The Hall–Kier alpha value is -2.46. The molecule has 0 aliphatic heterocycles. The van der Waals surface area contributed by atoms with Crippen LogP contribution in [-0.4, -0.2) is 28.6 Å². The molecule has 0 bridgehead atoms. The number of hydrogen-bond donors (Lipinski definition) is 1. The third-order valence-corrected chi connectivity index (χ3v) is 8.20. The predicted molar refractivity (Wildman–Crippen MR) is 130 cm³/mol. The molecule has 0 radical (unpaired) electrons. The molecule has 1 N–H and O–H groups in total. The van der Waals surface area contributed by atoms with Crippen molar-refractivity contribution in [3.05, 3.63) is 65.3 Å². The molecule has 3 aliphatic carbocycles. The van der Waals surface area contributed by atoms with Gasteiger partial charge in [0.15, 0.2) is 5.78 Å². The van der Waals surface area contributed by atoms with Gasteiger partial charge in [-0.05, 0) is 73.5 Å². The van der Waals surface area contributed by atoms with E-state index in [4.69, 9.17) is 4.74 Å². The highest BCUT2D eigenvalue weighted by molar-refractivity contribution is 6.02. The molecular weight excluding hydrogens is 412 g/mol. The molecule has 0 spiro atoms. The Morgan fingerprint density at radius 2 is 1.82 bits per heavy atom. The number of ether oxygens (including phenoxy) is 1. The van der Waals surface area contributed by atoms with Crippen molar-refractivity contribution in [3.8, 4) is 0 Å². The molecule has 4 nitrogen and oxygen atoms in total. The summed E-state index contributed by atoms with van der Waals surface area (Å²) in [5.74, 6) is -0.465. The Morgan fingerprint density at radius 1 is 1.12 bits per heavy atom. The normalized spacial score (nSPS) is 38.8. The van der Waals surface area contributed by atoms with Gasteiger partial charge in [0, 0.05) is 6.08 Å². The van der Waals surface area contributed by atoms with Crippen LogP contribution in [-0.2, 0) is 14.3 Å². The maximum Gasteiger partial charge on any atom is 0.331 e. The van der Waals surface area contributed by atoms with Gasteiger partial charge in [-0.15, -0.1) is 0 Å². The van der Waals surface area contributed by atoms with Crippen LogP contribution in [0.2, 0.25) is 0 Å². The Kier molecular flexibility index (Phi) is 6.26. The summed E-state index contributed by atoms with van der Waals surface area (Å²) in [5, 5.41) is 11.7. The molecule has 176 valence electrons. The van der Waals surface area contributed by atoms with E-state index in [1.807, 2.05) is 50.3 Å². The third-order valence-electron chi connectivity index (χ3n) is 8.20. The van der Waals surface area contributed by atoms with Crippen molar-refractivity contribution in [2.24, 2.45) is 29.1 Å². The molecule has 4 heteroatoms. The predicted octanol–water partition coefficient (Wildman–Crippen LogP) is 5.53. The molecule has 0 heterocycles. The fourth-order valence-electron chi connectivity index (χ4n) is 6.07. The molecular formula is C29H36O4. The summed E-state index contributed by atoms with van der Waals surface area (Å²) < 4.78 is 5.87. The van der Waals surface area contributed by atoms with Crippen LogP contribution in [0.15, 0.2) is 59.7 Å². The number of aliphatic hydroxyl groups is 1. The second-order valence-electron chi connectivity index (χ2n) is 11.0. The van der Waals surface area contributed by atoms with Crippen LogP contribution in [0.25, 0.3) is 6.08 Å². The Balaban J connectivity index is 1.61. The van der Waals surface area contributed by atoms with Gasteiger partial charge in [0.2, 0.25) is 0 Å². The summed E-state index contributed by atoms with van der Waals surface area (Å²) in [6.45, 7) is 10.4. The van der Waals surface area contributed by atoms with Crippen molar-refractivity contribution in [2.75, 3.05) is 0 Å². The maximum atomic E-state index is 13.5. The van der Waals surface area contributed by atoms with Crippen LogP contribution < -0.4 is 0 Å². The highest BCUT2D eigenvalue weighted by Crippen LogP contribution is 2.62. The summed E-state index contributed by atoms with van der Waals surface area (Å²) in [7, 11) is 0. The molecule has 2 fully saturated rings. The van der Waals surface area contributed by atoms with Crippen LogP contribution in [0.1, 0.15) is 59.4 Å². The van der Waals surface area contributed by atoms with Gasteiger partial charge in [0.05, 0.1) is 5.92 Å². The van der Waals surface area contributed by atoms with Gasteiger partial charge >= 0.3 is 5.97 Å². The molecule has 1 aromatic carbocycles. The van der Waals surface area contributed by atoms with E-state index >= 15 is 0 Å². The Morgan fingerprint density at radius 3 is 2.52 bits per heavy atom. The van der Waals surface area contributed by atoms with Gasteiger partial charge in [-0.25, -0.2) is 4.79 Å². The quantitative estimate of drug-likeness (QED) is 0.375. The Bertz CT molecular complexity index is 1020. The minimum atomic E-state index is -1.56. The molecule has 0 amide bonds. The standard InChI is InChI=1S/C29H36O4/c1-18-11-13-22-23(28(22,4)5)16-19(2)27(31)29(32)17-20(3)26(24(29)15-18)33-25(30)14-12-21-9-7-6-8-10-21/h6-10,12,14-16,20,22-24,26,32H,11,13,17H2,1-5H3/b14-12+,18-15+,19-16+/t20-,22-,23-,24-,26-,29+/m0/s1. The first-order valence-corrected chi connectivity index (χ1v) is 12.1.